The molecule has 1 aliphatic rings. The molecule has 2 N–H and O–H groups in total. The molecule has 19 heavy (non-hydrogen) atoms. The molecule has 0 unspecified atom stereocenters. The molecule has 1 aromatic heterocycles. The van der Waals surface area contributed by atoms with Gasteiger partial charge in [-0.15, -0.1) is 0 Å². The van der Waals surface area contributed by atoms with Crippen LogP contribution in [0.2, 0.25) is 0 Å². The van der Waals surface area contributed by atoms with E-state index >= 15 is 0 Å². The van der Waals surface area contributed by atoms with Gasteiger partial charge in [-0.3, -0.25) is 4.79 Å². The van der Waals surface area contributed by atoms with Crippen LogP contribution in [-0.2, 0) is 16.1 Å². The van der Waals surface area contributed by atoms with Gasteiger partial charge < -0.3 is 20.3 Å². The van der Waals surface area contributed by atoms with Crippen LogP contribution in [-0.4, -0.2) is 50.8 Å². The van der Waals surface area contributed by atoms with Gasteiger partial charge in [0.1, 0.15) is 5.82 Å². The van der Waals surface area contributed by atoms with Gasteiger partial charge in [-0.1, -0.05) is 6.07 Å². The minimum atomic E-state index is 0.0511. The van der Waals surface area contributed by atoms with Crippen molar-refractivity contribution in [3.63, 3.8) is 0 Å². The summed E-state index contributed by atoms with van der Waals surface area (Å²) in [5.74, 6) is 0.942. The van der Waals surface area contributed by atoms with Crippen LogP contribution in [0.4, 0.5) is 5.82 Å². The SMILES string of the molecule is COCCNCc1cccnc1N1CCNC(=O)C1. The molecule has 0 aromatic carbocycles. The van der Waals surface area contributed by atoms with Crippen LogP contribution in [0.1, 0.15) is 5.56 Å². The zero-order valence-electron chi connectivity index (χ0n) is 11.2. The number of carbonyl (C=O) groups is 1. The quantitative estimate of drug-likeness (QED) is 0.694. The monoisotopic (exact) mass is 264 g/mol. The molecule has 6 heteroatoms. The van der Waals surface area contributed by atoms with Crippen LogP contribution in [0.5, 0.6) is 0 Å². The molecule has 0 atom stereocenters. The summed E-state index contributed by atoms with van der Waals surface area (Å²) in [6.45, 7) is 4.06. The maximum Gasteiger partial charge on any atom is 0.239 e. The lowest BCUT2D eigenvalue weighted by Crippen LogP contribution is -2.48. The first kappa shape index (κ1) is 13.8. The van der Waals surface area contributed by atoms with E-state index in [1.54, 1.807) is 13.3 Å². The number of nitrogens with one attached hydrogen (secondary N) is 2. The van der Waals surface area contributed by atoms with E-state index < -0.39 is 0 Å². The molecule has 1 amide bonds. The number of nitrogens with zero attached hydrogens (tertiary/aromatic N) is 2. The normalized spacial score (nSPS) is 15.4. The van der Waals surface area contributed by atoms with E-state index in [-0.39, 0.29) is 5.91 Å². The molecule has 2 heterocycles. The molecule has 6 nitrogen and oxygen atoms in total. The highest BCUT2D eigenvalue weighted by atomic mass is 16.5. The highest BCUT2D eigenvalue weighted by Gasteiger charge is 2.19. The summed E-state index contributed by atoms with van der Waals surface area (Å²) in [6, 6.07) is 3.95. The summed E-state index contributed by atoms with van der Waals surface area (Å²) in [5.41, 5.74) is 1.10. The molecule has 104 valence electrons. The van der Waals surface area contributed by atoms with Crippen LogP contribution < -0.4 is 15.5 Å². The second-order valence-electron chi connectivity index (χ2n) is 4.43. The van der Waals surface area contributed by atoms with E-state index in [1.807, 2.05) is 17.0 Å². The number of piperazine rings is 1. The average Bonchev–Trinajstić information content (AvgIpc) is 2.44. The maximum atomic E-state index is 11.4. The number of hydrogen-bond donors (Lipinski definition) is 2. The van der Waals surface area contributed by atoms with E-state index in [2.05, 4.69) is 15.6 Å². The van der Waals surface area contributed by atoms with Crippen molar-refractivity contribution in [3.8, 4) is 0 Å². The van der Waals surface area contributed by atoms with Crippen molar-refractivity contribution in [2.75, 3.05) is 44.8 Å². The Labute approximate surface area is 113 Å². The maximum absolute atomic E-state index is 11.4. The molecule has 1 aromatic rings. The zero-order valence-corrected chi connectivity index (χ0v) is 11.2. The number of rotatable bonds is 6. The number of ether oxygens (including phenoxy) is 1. The van der Waals surface area contributed by atoms with Gasteiger partial charge in [-0.05, 0) is 6.07 Å². The Bertz CT molecular complexity index is 425. The Balaban J connectivity index is 2.00. The van der Waals surface area contributed by atoms with Crippen LogP contribution >= 0.6 is 0 Å². The van der Waals surface area contributed by atoms with Gasteiger partial charge in [0, 0.05) is 45.0 Å². The number of amides is 1. The Morgan fingerprint density at radius 2 is 2.47 bits per heavy atom. The zero-order chi connectivity index (χ0) is 13.5. The lowest BCUT2D eigenvalue weighted by molar-refractivity contribution is -0.120. The van der Waals surface area contributed by atoms with Crippen LogP contribution in [0.3, 0.4) is 0 Å². The van der Waals surface area contributed by atoms with Crippen LogP contribution in [0, 0.1) is 0 Å². The van der Waals surface area contributed by atoms with Crippen molar-refractivity contribution in [3.05, 3.63) is 23.9 Å². The lowest BCUT2D eigenvalue weighted by atomic mass is 10.2. The summed E-state index contributed by atoms with van der Waals surface area (Å²) < 4.78 is 5.00. The smallest absolute Gasteiger partial charge is 0.239 e. The van der Waals surface area contributed by atoms with Crippen LogP contribution in [0.15, 0.2) is 18.3 Å². The molecule has 1 aliphatic heterocycles. The Kier molecular flexibility index (Phi) is 5.11. The molecule has 1 fully saturated rings. The summed E-state index contributed by atoms with van der Waals surface area (Å²) in [7, 11) is 1.68. The first-order valence-corrected chi connectivity index (χ1v) is 6.46. The van der Waals surface area contributed by atoms with Crippen molar-refractivity contribution < 1.29 is 9.53 Å². The van der Waals surface area contributed by atoms with E-state index in [4.69, 9.17) is 4.74 Å². The van der Waals surface area contributed by atoms with Gasteiger partial charge in [0.25, 0.3) is 0 Å². The van der Waals surface area contributed by atoms with Crippen molar-refractivity contribution >= 4 is 11.7 Å². The first-order valence-electron chi connectivity index (χ1n) is 6.46. The van der Waals surface area contributed by atoms with Gasteiger partial charge in [0.2, 0.25) is 5.91 Å². The number of carbonyl (C=O) groups excluding carboxylic acids is 1. The summed E-state index contributed by atoms with van der Waals surface area (Å²) in [6.07, 6.45) is 1.76. The molecular formula is C13H20N4O2. The molecule has 0 aliphatic carbocycles. The van der Waals surface area contributed by atoms with Gasteiger partial charge >= 0.3 is 0 Å². The highest BCUT2D eigenvalue weighted by molar-refractivity contribution is 5.82. The van der Waals surface area contributed by atoms with E-state index in [0.29, 0.717) is 19.7 Å². The first-order chi connectivity index (χ1) is 9.31. The van der Waals surface area contributed by atoms with Gasteiger partial charge in [-0.2, -0.15) is 0 Å². The van der Waals surface area contributed by atoms with E-state index in [0.717, 1.165) is 31.0 Å². The summed E-state index contributed by atoms with van der Waals surface area (Å²) >= 11 is 0. The van der Waals surface area contributed by atoms with Crippen LogP contribution in [0.25, 0.3) is 0 Å². The molecule has 2 rings (SSSR count). The highest BCUT2D eigenvalue weighted by Crippen LogP contribution is 2.17. The number of anilines is 1. The molecule has 0 saturated carbocycles. The molecule has 0 radical (unpaired) electrons. The fourth-order valence-corrected chi connectivity index (χ4v) is 2.07. The van der Waals surface area contributed by atoms with Gasteiger partial charge in [-0.25, -0.2) is 4.98 Å². The van der Waals surface area contributed by atoms with Gasteiger partial charge in [0.05, 0.1) is 13.2 Å². The average molecular weight is 264 g/mol. The van der Waals surface area contributed by atoms with Crippen molar-refractivity contribution in [2.24, 2.45) is 0 Å². The lowest BCUT2D eigenvalue weighted by Gasteiger charge is -2.29. The fraction of sp³-hybridized carbons (Fsp3) is 0.538. The van der Waals surface area contributed by atoms with Crippen molar-refractivity contribution in [1.29, 1.82) is 0 Å². The van der Waals surface area contributed by atoms with Crippen molar-refractivity contribution in [2.45, 2.75) is 6.54 Å². The number of pyridine rings is 1. The minimum Gasteiger partial charge on any atom is -0.383 e. The van der Waals surface area contributed by atoms with E-state index in [1.165, 1.54) is 0 Å². The topological polar surface area (TPSA) is 66.5 Å². The Hall–Kier alpha value is -1.66. The second-order valence-corrected chi connectivity index (χ2v) is 4.43. The second kappa shape index (κ2) is 7.06. The Morgan fingerprint density at radius 1 is 1.58 bits per heavy atom. The Morgan fingerprint density at radius 3 is 3.26 bits per heavy atom. The predicted molar refractivity (Wildman–Crippen MR) is 73.0 cm³/mol. The fourth-order valence-electron chi connectivity index (χ4n) is 2.07. The largest absolute Gasteiger partial charge is 0.383 e. The standard InChI is InChI=1S/C13H20N4O2/c1-19-8-6-14-9-11-3-2-4-16-13(11)17-7-5-15-12(18)10-17/h2-4,14H,5-10H2,1H3,(H,15,18). The molecule has 1 saturated heterocycles. The molecular weight excluding hydrogens is 244 g/mol. The number of hydrogen-bond acceptors (Lipinski definition) is 5. The minimum absolute atomic E-state index is 0.0511. The van der Waals surface area contributed by atoms with E-state index in [9.17, 15) is 4.79 Å². The summed E-state index contributed by atoms with van der Waals surface area (Å²) in [4.78, 5) is 17.9. The van der Waals surface area contributed by atoms with Crippen molar-refractivity contribution in [1.82, 2.24) is 15.6 Å². The third-order valence-corrected chi connectivity index (χ3v) is 3.00. The number of methoxy groups -OCH3 is 1. The third-order valence-electron chi connectivity index (χ3n) is 3.00. The number of aromatic nitrogens is 1. The predicted octanol–water partition coefficient (Wildman–Crippen LogP) is -0.246. The molecule has 0 spiro atoms. The summed E-state index contributed by atoms with van der Waals surface area (Å²) in [5, 5.41) is 6.12. The van der Waals surface area contributed by atoms with Gasteiger partial charge in [0.15, 0.2) is 0 Å². The third kappa shape index (κ3) is 3.90. The molecule has 0 bridgehead atoms.